The average molecular weight is 529 g/mol. The van der Waals surface area contributed by atoms with Gasteiger partial charge in [-0.05, 0) is 81.4 Å². The summed E-state index contributed by atoms with van der Waals surface area (Å²) in [6.45, 7) is 3.43. The maximum Gasteiger partial charge on any atom is 0.306 e. The van der Waals surface area contributed by atoms with Crippen LogP contribution in [0.15, 0.2) is 42.5 Å². The van der Waals surface area contributed by atoms with Crippen LogP contribution in [-0.4, -0.2) is 55.2 Å². The molecular formula is C31H44O7. The van der Waals surface area contributed by atoms with Gasteiger partial charge in [0.2, 0.25) is 0 Å². The summed E-state index contributed by atoms with van der Waals surface area (Å²) in [5.41, 5.74) is 0. The van der Waals surface area contributed by atoms with E-state index >= 15 is 0 Å². The molecule has 210 valence electrons. The summed E-state index contributed by atoms with van der Waals surface area (Å²) >= 11 is 0. The van der Waals surface area contributed by atoms with Gasteiger partial charge in [0.25, 0.3) is 0 Å². The Morgan fingerprint density at radius 1 is 1.11 bits per heavy atom. The smallest absolute Gasteiger partial charge is 0.306 e. The molecule has 7 nitrogen and oxygen atoms in total. The second-order valence-electron chi connectivity index (χ2n) is 11.1. The van der Waals surface area contributed by atoms with Crippen molar-refractivity contribution >= 4 is 11.8 Å². The molecule has 1 aliphatic carbocycles. The van der Waals surface area contributed by atoms with Crippen LogP contribution in [0, 0.1) is 23.7 Å². The molecule has 2 heterocycles. The molecule has 0 bridgehead atoms. The Hall–Kier alpha value is -2.22. The highest BCUT2D eigenvalue weighted by Crippen LogP contribution is 2.44. The highest BCUT2D eigenvalue weighted by Gasteiger charge is 2.45. The average Bonchev–Trinajstić information content (AvgIpc) is 3.12. The zero-order chi connectivity index (χ0) is 26.7. The highest BCUT2D eigenvalue weighted by atomic mass is 16.7. The van der Waals surface area contributed by atoms with E-state index in [0.717, 1.165) is 64.4 Å². The molecule has 0 radical (unpaired) electrons. The lowest BCUT2D eigenvalue weighted by Crippen LogP contribution is -2.31. The number of carbonyl (C=O) groups is 2. The second kappa shape index (κ2) is 14.8. The van der Waals surface area contributed by atoms with Crippen molar-refractivity contribution in [1.82, 2.24) is 0 Å². The van der Waals surface area contributed by atoms with Crippen LogP contribution in [0.2, 0.25) is 0 Å². The van der Waals surface area contributed by atoms with Crippen molar-refractivity contribution in [3.05, 3.63) is 42.5 Å². The first kappa shape index (κ1) is 28.8. The normalized spacial score (nSPS) is 30.4. The third-order valence-electron chi connectivity index (χ3n) is 8.32. The van der Waals surface area contributed by atoms with Crippen molar-refractivity contribution in [2.24, 2.45) is 23.7 Å². The van der Waals surface area contributed by atoms with Gasteiger partial charge in [0.1, 0.15) is 5.75 Å². The fourth-order valence-electron chi connectivity index (χ4n) is 6.19. The minimum absolute atomic E-state index is 0.000331. The number of para-hydroxylation sites is 1. The predicted molar refractivity (Wildman–Crippen MR) is 144 cm³/mol. The summed E-state index contributed by atoms with van der Waals surface area (Å²) < 4.78 is 24.4. The summed E-state index contributed by atoms with van der Waals surface area (Å²) in [7, 11) is 0. The van der Waals surface area contributed by atoms with Crippen molar-refractivity contribution in [3.8, 4) is 5.75 Å². The molecule has 2 unspecified atom stereocenters. The Balaban J connectivity index is 1.37. The zero-order valence-electron chi connectivity index (χ0n) is 22.7. The van der Waals surface area contributed by atoms with Crippen LogP contribution in [0.1, 0.15) is 71.1 Å². The zero-order valence-corrected chi connectivity index (χ0v) is 22.7. The van der Waals surface area contributed by atoms with Gasteiger partial charge in [-0.2, -0.15) is 0 Å². The van der Waals surface area contributed by atoms with Crippen molar-refractivity contribution in [1.29, 1.82) is 0 Å². The minimum atomic E-state index is -0.686. The predicted octanol–water partition coefficient (Wildman–Crippen LogP) is 5.81. The first-order chi connectivity index (χ1) is 18.5. The molecule has 1 aromatic carbocycles. The monoisotopic (exact) mass is 528 g/mol. The van der Waals surface area contributed by atoms with Crippen LogP contribution in [0.3, 0.4) is 0 Å². The molecule has 7 heteroatoms. The first-order valence-corrected chi connectivity index (χ1v) is 14.5. The quantitative estimate of drug-likeness (QED) is 0.323. The minimum Gasteiger partial charge on any atom is -0.485 e. The molecule has 0 amide bonds. The van der Waals surface area contributed by atoms with E-state index in [1.54, 1.807) is 6.08 Å². The number of fused-ring (bicyclic) bond motifs is 1. The van der Waals surface area contributed by atoms with E-state index < -0.39 is 5.97 Å². The molecule has 2 aliphatic heterocycles. The number of benzene rings is 1. The molecule has 0 spiro atoms. The van der Waals surface area contributed by atoms with Gasteiger partial charge in [-0.3, -0.25) is 9.59 Å². The molecule has 38 heavy (non-hydrogen) atoms. The lowest BCUT2D eigenvalue weighted by Gasteiger charge is -2.29. The molecule has 1 aromatic rings. The lowest BCUT2D eigenvalue weighted by atomic mass is 9.85. The number of ketones is 1. The van der Waals surface area contributed by atoms with Crippen LogP contribution in [0.25, 0.3) is 0 Å². The maximum absolute atomic E-state index is 12.7. The Morgan fingerprint density at radius 3 is 2.68 bits per heavy atom. The molecule has 1 N–H and O–H groups in total. The number of hydrogen-bond acceptors (Lipinski definition) is 6. The van der Waals surface area contributed by atoms with Crippen LogP contribution in [0.4, 0.5) is 0 Å². The van der Waals surface area contributed by atoms with Crippen molar-refractivity contribution in [2.75, 3.05) is 19.8 Å². The van der Waals surface area contributed by atoms with Gasteiger partial charge in [-0.15, -0.1) is 0 Å². The summed E-state index contributed by atoms with van der Waals surface area (Å²) in [5, 5.41) is 9.53. The van der Waals surface area contributed by atoms with Crippen LogP contribution >= 0.6 is 0 Å². The fraction of sp³-hybridized carbons (Fsp3) is 0.677. The Morgan fingerprint density at radius 2 is 1.95 bits per heavy atom. The second-order valence-corrected chi connectivity index (χ2v) is 11.1. The van der Waals surface area contributed by atoms with Crippen molar-refractivity contribution in [3.63, 3.8) is 0 Å². The van der Waals surface area contributed by atoms with E-state index in [2.05, 4.69) is 0 Å². The van der Waals surface area contributed by atoms with E-state index in [1.165, 1.54) is 0 Å². The number of carboxylic acids is 1. The number of aliphatic carboxylic acids is 1. The Bertz CT molecular complexity index is 895. The number of carbonyl (C=O) groups excluding carboxylic acids is 1. The number of hydrogen-bond donors (Lipinski definition) is 1. The standard InChI is InChI=1S/C31H44O7/c1-2-8-23(31(33)34)14-12-22-13-16-26-27(17-15-24(32)21-36-25-9-4-3-5-10-25)29(19-28(26)37-20-22)38-30-11-6-7-18-35-30/h3-5,9-10,15,17,22-23,26-30H,2,6-8,11-14,16,18-21H2,1H3,(H,33,34)/b17-15+/t22-,23?,26-,27-,28+,29-,30?/m1/s1. The third-order valence-corrected chi connectivity index (χ3v) is 8.32. The SMILES string of the molecule is CCCC(CC[C@@H]1CC[C@@H]2[C@@H](/C=C/C(=O)COc3ccccc3)[C@H](OC3CCCCO3)C[C@@H]2OC1)C(=O)O. The third kappa shape index (κ3) is 8.39. The first-order valence-electron chi connectivity index (χ1n) is 14.5. The van der Waals surface area contributed by atoms with Gasteiger partial charge in [-0.25, -0.2) is 0 Å². The van der Waals surface area contributed by atoms with Gasteiger partial charge in [0.05, 0.1) is 18.1 Å². The van der Waals surface area contributed by atoms with E-state index in [9.17, 15) is 14.7 Å². The van der Waals surface area contributed by atoms with Crippen molar-refractivity contribution < 1.29 is 33.6 Å². The fourth-order valence-corrected chi connectivity index (χ4v) is 6.19. The Labute approximate surface area is 226 Å². The van der Waals surface area contributed by atoms with Gasteiger partial charge in [-0.1, -0.05) is 37.6 Å². The van der Waals surface area contributed by atoms with Crippen molar-refractivity contribution in [2.45, 2.75) is 89.6 Å². The topological polar surface area (TPSA) is 91.3 Å². The van der Waals surface area contributed by atoms with E-state index in [-0.39, 0.29) is 48.6 Å². The van der Waals surface area contributed by atoms with E-state index in [4.69, 9.17) is 18.9 Å². The Kier molecular flexibility index (Phi) is 11.2. The number of carboxylic acid groups (broad SMARTS) is 1. The largest absolute Gasteiger partial charge is 0.485 e. The van der Waals surface area contributed by atoms with Gasteiger partial charge in [0.15, 0.2) is 18.7 Å². The molecule has 3 fully saturated rings. The van der Waals surface area contributed by atoms with Crippen LogP contribution in [-0.2, 0) is 23.8 Å². The molecule has 1 saturated carbocycles. The summed E-state index contributed by atoms with van der Waals surface area (Å²) in [6, 6.07) is 9.36. The van der Waals surface area contributed by atoms with Gasteiger partial charge >= 0.3 is 5.97 Å². The summed E-state index contributed by atoms with van der Waals surface area (Å²) in [5.74, 6) is 0.345. The summed E-state index contributed by atoms with van der Waals surface area (Å²) in [4.78, 5) is 24.2. The highest BCUT2D eigenvalue weighted by molar-refractivity contribution is 5.91. The number of ether oxygens (including phenoxy) is 4. The maximum atomic E-state index is 12.7. The number of rotatable bonds is 13. The molecule has 7 atom stereocenters. The molecule has 4 rings (SSSR count). The lowest BCUT2D eigenvalue weighted by molar-refractivity contribution is -0.193. The van der Waals surface area contributed by atoms with Crippen LogP contribution < -0.4 is 4.74 Å². The molecule has 0 aromatic heterocycles. The van der Waals surface area contributed by atoms with E-state index in [1.807, 2.05) is 43.3 Å². The summed E-state index contributed by atoms with van der Waals surface area (Å²) in [6.07, 6.45) is 12.5. The van der Waals surface area contributed by atoms with Crippen LogP contribution in [0.5, 0.6) is 5.75 Å². The molecular weight excluding hydrogens is 484 g/mol. The van der Waals surface area contributed by atoms with Gasteiger partial charge in [0, 0.05) is 25.6 Å². The van der Waals surface area contributed by atoms with Gasteiger partial charge < -0.3 is 24.1 Å². The van der Waals surface area contributed by atoms with E-state index in [0.29, 0.717) is 24.7 Å². The molecule has 2 saturated heterocycles. The molecule has 3 aliphatic rings.